The molecule has 1 aromatic carbocycles. The van der Waals surface area contributed by atoms with E-state index in [2.05, 4.69) is 10.3 Å². The number of rotatable bonds is 2. The second kappa shape index (κ2) is 4.82. The number of nitrogens with one attached hydrogen (secondary N) is 1. The van der Waals surface area contributed by atoms with Gasteiger partial charge in [-0.3, -0.25) is 0 Å². The van der Waals surface area contributed by atoms with E-state index in [0.29, 0.717) is 27.8 Å². The largest absolute Gasteiger partial charge is 0.396 e. The number of hydrogen-bond acceptors (Lipinski definition) is 5. The molecule has 90 valence electrons. The smallest absolute Gasteiger partial charge is 0.149 e. The third-order valence-corrected chi connectivity index (χ3v) is 2.65. The van der Waals surface area contributed by atoms with Crippen LogP contribution in [0.15, 0.2) is 30.3 Å². The Morgan fingerprint density at radius 3 is 2.67 bits per heavy atom. The Bertz CT molecular complexity index is 633. The van der Waals surface area contributed by atoms with Crippen LogP contribution >= 0.6 is 11.6 Å². The first kappa shape index (κ1) is 12.0. The van der Waals surface area contributed by atoms with E-state index in [0.717, 1.165) is 0 Å². The summed E-state index contributed by atoms with van der Waals surface area (Å²) in [6.45, 7) is 0. The Labute approximate surface area is 109 Å². The van der Waals surface area contributed by atoms with Crippen molar-refractivity contribution in [2.45, 2.75) is 0 Å². The molecule has 5 nitrogen and oxygen atoms in total. The average Bonchev–Trinajstić information content (AvgIpc) is 2.36. The van der Waals surface area contributed by atoms with Crippen molar-refractivity contribution in [3.05, 3.63) is 40.9 Å². The van der Waals surface area contributed by atoms with Gasteiger partial charge in [0.15, 0.2) is 0 Å². The Kier molecular flexibility index (Phi) is 3.22. The van der Waals surface area contributed by atoms with Crippen LogP contribution in [0.1, 0.15) is 5.56 Å². The predicted octanol–water partition coefficient (Wildman–Crippen LogP) is 2.51. The summed E-state index contributed by atoms with van der Waals surface area (Å²) in [5.74, 6) is 0.756. The molecule has 0 fully saturated rings. The third-order valence-electron chi connectivity index (χ3n) is 2.32. The van der Waals surface area contributed by atoms with Crippen LogP contribution in [0, 0.1) is 11.3 Å². The van der Waals surface area contributed by atoms with Gasteiger partial charge in [-0.15, -0.1) is 0 Å². The maximum absolute atomic E-state index is 8.83. The fraction of sp³-hybridized carbons (Fsp3) is 0. The number of halogens is 1. The molecule has 0 amide bonds. The van der Waals surface area contributed by atoms with E-state index in [4.69, 9.17) is 28.3 Å². The predicted molar refractivity (Wildman–Crippen MR) is 72.5 cm³/mol. The number of anilines is 4. The number of nitrogen functional groups attached to an aromatic ring is 2. The summed E-state index contributed by atoms with van der Waals surface area (Å²) < 4.78 is 0. The topological polar surface area (TPSA) is 101 Å². The molecule has 0 aliphatic carbocycles. The molecule has 1 aromatic heterocycles. The SMILES string of the molecule is N#Cc1ccc(Cl)c(Nc2ccc(N)c(N)n2)c1. The molecule has 0 atom stereocenters. The van der Waals surface area contributed by atoms with Gasteiger partial charge in [0.05, 0.1) is 28.0 Å². The highest BCUT2D eigenvalue weighted by molar-refractivity contribution is 6.33. The van der Waals surface area contributed by atoms with Crippen molar-refractivity contribution in [1.29, 1.82) is 5.26 Å². The molecule has 5 N–H and O–H groups in total. The van der Waals surface area contributed by atoms with Crippen molar-refractivity contribution >= 4 is 34.6 Å². The number of nitriles is 1. The van der Waals surface area contributed by atoms with Crippen LogP contribution in [0.3, 0.4) is 0 Å². The van der Waals surface area contributed by atoms with Gasteiger partial charge in [-0.1, -0.05) is 11.6 Å². The van der Waals surface area contributed by atoms with E-state index in [-0.39, 0.29) is 5.82 Å². The van der Waals surface area contributed by atoms with Crippen LogP contribution in [0.5, 0.6) is 0 Å². The molecule has 18 heavy (non-hydrogen) atoms. The van der Waals surface area contributed by atoms with Gasteiger partial charge >= 0.3 is 0 Å². The molecule has 2 rings (SSSR count). The first-order chi connectivity index (χ1) is 8.60. The Morgan fingerprint density at radius 2 is 2.00 bits per heavy atom. The van der Waals surface area contributed by atoms with Gasteiger partial charge in [-0.25, -0.2) is 4.98 Å². The van der Waals surface area contributed by atoms with Crippen LogP contribution in [0.2, 0.25) is 5.02 Å². The van der Waals surface area contributed by atoms with Crippen LogP contribution in [0.25, 0.3) is 0 Å². The van der Waals surface area contributed by atoms with Crippen molar-refractivity contribution in [1.82, 2.24) is 4.98 Å². The summed E-state index contributed by atoms with van der Waals surface area (Å²) in [7, 11) is 0. The summed E-state index contributed by atoms with van der Waals surface area (Å²) in [4.78, 5) is 4.06. The molecular weight excluding hydrogens is 250 g/mol. The lowest BCUT2D eigenvalue weighted by atomic mass is 10.2. The number of hydrogen-bond donors (Lipinski definition) is 3. The van der Waals surface area contributed by atoms with Gasteiger partial charge < -0.3 is 16.8 Å². The lowest BCUT2D eigenvalue weighted by molar-refractivity contribution is 1.32. The van der Waals surface area contributed by atoms with Gasteiger partial charge in [0.2, 0.25) is 0 Å². The zero-order valence-electron chi connectivity index (χ0n) is 9.31. The van der Waals surface area contributed by atoms with Crippen LogP contribution in [-0.4, -0.2) is 4.98 Å². The van der Waals surface area contributed by atoms with E-state index < -0.39 is 0 Å². The molecule has 0 aliphatic heterocycles. The standard InChI is InChI=1S/C12H10ClN5/c13-8-2-1-7(6-14)5-10(8)17-11-4-3-9(15)12(16)18-11/h1-5H,15H2,(H3,16,17,18). The maximum atomic E-state index is 8.83. The van der Waals surface area contributed by atoms with Crippen molar-refractivity contribution < 1.29 is 0 Å². The summed E-state index contributed by atoms with van der Waals surface area (Å²) in [6.07, 6.45) is 0. The minimum Gasteiger partial charge on any atom is -0.396 e. The molecule has 1 heterocycles. The van der Waals surface area contributed by atoms with E-state index >= 15 is 0 Å². The average molecular weight is 260 g/mol. The number of benzene rings is 1. The normalized spacial score (nSPS) is 9.78. The van der Waals surface area contributed by atoms with E-state index in [1.54, 1.807) is 30.3 Å². The minimum atomic E-state index is 0.243. The Morgan fingerprint density at radius 1 is 1.22 bits per heavy atom. The van der Waals surface area contributed by atoms with Crippen LogP contribution in [-0.2, 0) is 0 Å². The lowest BCUT2D eigenvalue weighted by Crippen LogP contribution is -2.01. The quantitative estimate of drug-likeness (QED) is 0.769. The van der Waals surface area contributed by atoms with Crippen molar-refractivity contribution in [3.8, 4) is 6.07 Å². The second-order valence-electron chi connectivity index (χ2n) is 3.60. The highest BCUT2D eigenvalue weighted by Gasteiger charge is 2.04. The zero-order chi connectivity index (χ0) is 13.1. The van der Waals surface area contributed by atoms with Gasteiger partial charge in [0, 0.05) is 0 Å². The number of pyridine rings is 1. The first-order valence-corrected chi connectivity index (χ1v) is 5.46. The molecule has 0 radical (unpaired) electrons. The molecule has 2 aromatic rings. The molecule has 0 saturated carbocycles. The third kappa shape index (κ3) is 2.44. The minimum absolute atomic E-state index is 0.243. The van der Waals surface area contributed by atoms with Gasteiger partial charge in [-0.05, 0) is 30.3 Å². The molecule has 0 unspecified atom stereocenters. The lowest BCUT2D eigenvalue weighted by Gasteiger charge is -2.09. The fourth-order valence-corrected chi connectivity index (χ4v) is 1.55. The maximum Gasteiger partial charge on any atom is 0.149 e. The van der Waals surface area contributed by atoms with Crippen LogP contribution < -0.4 is 16.8 Å². The molecule has 0 bridgehead atoms. The van der Waals surface area contributed by atoms with Crippen LogP contribution in [0.4, 0.5) is 23.0 Å². The molecule has 0 aliphatic rings. The molecule has 0 spiro atoms. The Hall–Kier alpha value is -2.45. The number of nitrogens with zero attached hydrogens (tertiary/aromatic N) is 2. The number of aromatic nitrogens is 1. The summed E-state index contributed by atoms with van der Waals surface area (Å²) in [6, 6.07) is 10.3. The summed E-state index contributed by atoms with van der Waals surface area (Å²) >= 11 is 6.02. The zero-order valence-corrected chi connectivity index (χ0v) is 10.1. The molecular formula is C12H10ClN5. The Balaban J connectivity index is 2.33. The van der Waals surface area contributed by atoms with E-state index in [9.17, 15) is 0 Å². The molecule has 0 saturated heterocycles. The molecule has 6 heteroatoms. The second-order valence-corrected chi connectivity index (χ2v) is 4.01. The van der Waals surface area contributed by atoms with Gasteiger partial charge in [0.25, 0.3) is 0 Å². The van der Waals surface area contributed by atoms with E-state index in [1.165, 1.54) is 0 Å². The highest BCUT2D eigenvalue weighted by atomic mass is 35.5. The fourth-order valence-electron chi connectivity index (χ4n) is 1.38. The summed E-state index contributed by atoms with van der Waals surface area (Å²) in [5.41, 5.74) is 12.7. The number of nitrogens with two attached hydrogens (primary N) is 2. The van der Waals surface area contributed by atoms with Crippen molar-refractivity contribution in [3.63, 3.8) is 0 Å². The van der Waals surface area contributed by atoms with Crippen molar-refractivity contribution in [2.75, 3.05) is 16.8 Å². The monoisotopic (exact) mass is 259 g/mol. The first-order valence-electron chi connectivity index (χ1n) is 5.09. The highest BCUT2D eigenvalue weighted by Crippen LogP contribution is 2.26. The van der Waals surface area contributed by atoms with Gasteiger partial charge in [0.1, 0.15) is 11.6 Å². The van der Waals surface area contributed by atoms with Crippen molar-refractivity contribution in [2.24, 2.45) is 0 Å². The summed E-state index contributed by atoms with van der Waals surface area (Å²) in [5, 5.41) is 12.3. The van der Waals surface area contributed by atoms with Gasteiger partial charge in [-0.2, -0.15) is 5.26 Å². The van der Waals surface area contributed by atoms with E-state index in [1.807, 2.05) is 6.07 Å².